The normalized spacial score (nSPS) is 12.9. The number of nitrogens with one attached hydrogen (secondary N) is 2. The van der Waals surface area contributed by atoms with Crippen LogP contribution in [0.5, 0.6) is 5.75 Å². The van der Waals surface area contributed by atoms with Gasteiger partial charge in [0, 0.05) is 16.9 Å². The Balaban J connectivity index is 1.38. The number of carbonyl (C=O) groups excluding carboxylic acids is 4. The third-order valence-electron chi connectivity index (χ3n) is 5.88. The average Bonchev–Trinajstić information content (AvgIpc) is 3.16. The molecular weight excluding hydrogens is 522 g/mol. The zero-order valence-corrected chi connectivity index (χ0v) is 22.1. The van der Waals surface area contributed by atoms with Crippen LogP contribution in [0, 0.1) is 0 Å². The van der Waals surface area contributed by atoms with Crippen molar-refractivity contribution in [3.05, 3.63) is 94.7 Å². The van der Waals surface area contributed by atoms with Gasteiger partial charge in [0.1, 0.15) is 16.5 Å². The number of rotatable bonds is 10. The number of ether oxygens (including phenoxy) is 2. The Kier molecular flexibility index (Phi) is 8.63. The van der Waals surface area contributed by atoms with Crippen molar-refractivity contribution in [3.63, 3.8) is 0 Å². The zero-order chi connectivity index (χ0) is 27.9. The molecule has 0 fully saturated rings. The number of hydrogen-bond donors (Lipinski definition) is 2. The standard InChI is InChI=1S/C29H26ClN3O6/c1-3-4-17-39-29(37)19-7-11-21(12-8-19)32-26(34)18-5-9-20(10-6-18)31-25-24(30)27(35)33(28(25)36)22-13-15-23(38-2)16-14-22/h5-16,31H,3-4,17H2,1-2H3,(H,32,34). The number of benzene rings is 3. The number of amides is 3. The molecule has 10 heteroatoms. The Morgan fingerprint density at radius 3 is 2.08 bits per heavy atom. The summed E-state index contributed by atoms with van der Waals surface area (Å²) in [7, 11) is 1.52. The minimum absolute atomic E-state index is 0.0667. The van der Waals surface area contributed by atoms with Gasteiger partial charge < -0.3 is 20.1 Å². The van der Waals surface area contributed by atoms with Crippen LogP contribution in [0.4, 0.5) is 17.1 Å². The SMILES string of the molecule is CCCCOC(=O)c1ccc(NC(=O)c2ccc(NC3=C(Cl)C(=O)N(c4ccc(OC)cc4)C3=O)cc2)cc1. The fourth-order valence-electron chi connectivity index (χ4n) is 3.71. The molecule has 0 bridgehead atoms. The second-order valence-electron chi connectivity index (χ2n) is 8.56. The smallest absolute Gasteiger partial charge is 0.338 e. The van der Waals surface area contributed by atoms with Crippen molar-refractivity contribution in [1.29, 1.82) is 0 Å². The van der Waals surface area contributed by atoms with Gasteiger partial charge in [-0.2, -0.15) is 0 Å². The molecule has 0 saturated carbocycles. The van der Waals surface area contributed by atoms with Gasteiger partial charge in [-0.15, -0.1) is 0 Å². The van der Waals surface area contributed by atoms with Gasteiger partial charge in [0.25, 0.3) is 17.7 Å². The molecule has 0 atom stereocenters. The van der Waals surface area contributed by atoms with Gasteiger partial charge in [0.2, 0.25) is 0 Å². The zero-order valence-electron chi connectivity index (χ0n) is 21.3. The molecule has 1 aliphatic rings. The van der Waals surface area contributed by atoms with Gasteiger partial charge in [-0.3, -0.25) is 14.4 Å². The molecule has 9 nitrogen and oxygen atoms in total. The van der Waals surface area contributed by atoms with Crippen molar-refractivity contribution in [3.8, 4) is 5.75 Å². The van der Waals surface area contributed by atoms with E-state index in [1.165, 1.54) is 7.11 Å². The maximum Gasteiger partial charge on any atom is 0.338 e. The van der Waals surface area contributed by atoms with Crippen molar-refractivity contribution in [1.82, 2.24) is 0 Å². The third-order valence-corrected chi connectivity index (χ3v) is 6.23. The number of anilines is 3. The van der Waals surface area contributed by atoms with Crippen molar-refractivity contribution in [2.75, 3.05) is 29.3 Å². The summed E-state index contributed by atoms with van der Waals surface area (Å²) in [6, 6.07) is 19.2. The number of imide groups is 1. The van der Waals surface area contributed by atoms with Crippen LogP contribution in [0.2, 0.25) is 0 Å². The van der Waals surface area contributed by atoms with E-state index < -0.39 is 17.8 Å². The van der Waals surface area contributed by atoms with Crippen molar-refractivity contribution < 1.29 is 28.7 Å². The molecule has 3 amide bonds. The molecular formula is C29H26ClN3O6. The van der Waals surface area contributed by atoms with E-state index in [1.54, 1.807) is 72.8 Å². The maximum absolute atomic E-state index is 13.0. The van der Waals surface area contributed by atoms with E-state index >= 15 is 0 Å². The van der Waals surface area contributed by atoms with Crippen LogP contribution in [0.3, 0.4) is 0 Å². The van der Waals surface area contributed by atoms with E-state index in [1.807, 2.05) is 6.92 Å². The predicted molar refractivity (Wildman–Crippen MR) is 148 cm³/mol. The molecule has 0 aromatic heterocycles. The van der Waals surface area contributed by atoms with Crippen molar-refractivity contribution in [2.45, 2.75) is 19.8 Å². The minimum Gasteiger partial charge on any atom is -0.497 e. The molecule has 0 aliphatic carbocycles. The van der Waals surface area contributed by atoms with Crippen LogP contribution in [0.25, 0.3) is 0 Å². The molecule has 39 heavy (non-hydrogen) atoms. The third kappa shape index (κ3) is 6.27. The van der Waals surface area contributed by atoms with Crippen molar-refractivity contribution >= 4 is 52.4 Å². The molecule has 3 aromatic rings. The summed E-state index contributed by atoms with van der Waals surface area (Å²) in [5.41, 5.74) is 2.02. The Hall–Kier alpha value is -4.63. The number of halogens is 1. The highest BCUT2D eigenvalue weighted by Crippen LogP contribution is 2.31. The van der Waals surface area contributed by atoms with E-state index in [4.69, 9.17) is 21.1 Å². The molecule has 1 heterocycles. The molecule has 2 N–H and O–H groups in total. The second-order valence-corrected chi connectivity index (χ2v) is 8.93. The van der Waals surface area contributed by atoms with Crippen LogP contribution < -0.4 is 20.3 Å². The lowest BCUT2D eigenvalue weighted by molar-refractivity contribution is -0.120. The van der Waals surface area contributed by atoms with Crippen LogP contribution in [0.15, 0.2) is 83.5 Å². The van der Waals surface area contributed by atoms with Crippen LogP contribution >= 0.6 is 11.6 Å². The Morgan fingerprint density at radius 1 is 0.846 bits per heavy atom. The summed E-state index contributed by atoms with van der Waals surface area (Å²) >= 11 is 6.20. The number of methoxy groups -OCH3 is 1. The topological polar surface area (TPSA) is 114 Å². The molecule has 0 radical (unpaired) electrons. The highest BCUT2D eigenvalue weighted by atomic mass is 35.5. The van der Waals surface area contributed by atoms with E-state index in [0.29, 0.717) is 40.5 Å². The summed E-state index contributed by atoms with van der Waals surface area (Å²) in [5.74, 6) is -1.44. The van der Waals surface area contributed by atoms with Crippen LogP contribution in [0.1, 0.15) is 40.5 Å². The maximum atomic E-state index is 13.0. The highest BCUT2D eigenvalue weighted by Gasteiger charge is 2.39. The first-order valence-electron chi connectivity index (χ1n) is 12.2. The number of hydrogen-bond acceptors (Lipinski definition) is 7. The first-order chi connectivity index (χ1) is 18.8. The quantitative estimate of drug-likeness (QED) is 0.200. The van der Waals surface area contributed by atoms with Crippen molar-refractivity contribution in [2.24, 2.45) is 0 Å². The fourth-order valence-corrected chi connectivity index (χ4v) is 3.92. The summed E-state index contributed by atoms with van der Waals surface area (Å²) in [6.07, 6.45) is 1.73. The average molecular weight is 548 g/mol. The molecule has 4 rings (SSSR count). The number of nitrogens with zero attached hydrogens (tertiary/aromatic N) is 1. The van der Waals surface area contributed by atoms with E-state index in [-0.39, 0.29) is 16.6 Å². The highest BCUT2D eigenvalue weighted by molar-refractivity contribution is 6.53. The number of unbranched alkanes of at least 4 members (excludes halogenated alkanes) is 1. The van der Waals surface area contributed by atoms with Gasteiger partial charge in [0.05, 0.1) is 25.0 Å². The largest absolute Gasteiger partial charge is 0.497 e. The molecule has 1 aliphatic heterocycles. The van der Waals surface area contributed by atoms with E-state index in [0.717, 1.165) is 17.7 Å². The lowest BCUT2D eigenvalue weighted by Gasteiger charge is -2.15. The van der Waals surface area contributed by atoms with Gasteiger partial charge in [0.15, 0.2) is 0 Å². The summed E-state index contributed by atoms with van der Waals surface area (Å²) in [5, 5.41) is 5.40. The second kappa shape index (κ2) is 12.3. The first kappa shape index (κ1) is 27.4. The van der Waals surface area contributed by atoms with Gasteiger partial charge in [-0.25, -0.2) is 9.69 Å². The van der Waals surface area contributed by atoms with E-state index in [9.17, 15) is 19.2 Å². The molecule has 0 spiro atoms. The van der Waals surface area contributed by atoms with Crippen LogP contribution in [-0.4, -0.2) is 37.4 Å². The van der Waals surface area contributed by atoms with Gasteiger partial charge in [-0.1, -0.05) is 24.9 Å². The first-order valence-corrected chi connectivity index (χ1v) is 12.6. The minimum atomic E-state index is -0.648. The molecule has 3 aromatic carbocycles. The molecule has 0 unspecified atom stereocenters. The molecule has 200 valence electrons. The lowest BCUT2D eigenvalue weighted by atomic mass is 10.1. The van der Waals surface area contributed by atoms with E-state index in [2.05, 4.69) is 10.6 Å². The van der Waals surface area contributed by atoms with Gasteiger partial charge >= 0.3 is 5.97 Å². The number of esters is 1. The Morgan fingerprint density at radius 2 is 1.46 bits per heavy atom. The summed E-state index contributed by atoms with van der Waals surface area (Å²) in [4.78, 5) is 51.3. The summed E-state index contributed by atoms with van der Waals surface area (Å²) < 4.78 is 10.3. The van der Waals surface area contributed by atoms with Gasteiger partial charge in [-0.05, 0) is 79.2 Å². The lowest BCUT2D eigenvalue weighted by Crippen LogP contribution is -2.32. The summed E-state index contributed by atoms with van der Waals surface area (Å²) in [6.45, 7) is 2.38. The predicted octanol–water partition coefficient (Wildman–Crippen LogP) is 5.34. The molecule has 0 saturated heterocycles. The fraction of sp³-hybridized carbons (Fsp3) is 0.172. The monoisotopic (exact) mass is 547 g/mol. The Labute approximate surface area is 230 Å². The number of carbonyl (C=O) groups is 4. The van der Waals surface area contributed by atoms with Crippen LogP contribution in [-0.2, 0) is 14.3 Å². The Bertz CT molecular complexity index is 1420.